The molecule has 1 aliphatic rings. The van der Waals surface area contributed by atoms with Crippen molar-refractivity contribution < 1.29 is 13.2 Å². The van der Waals surface area contributed by atoms with E-state index in [0.29, 0.717) is 10.0 Å². The van der Waals surface area contributed by atoms with Gasteiger partial charge in [-0.1, -0.05) is 35.3 Å². The quantitative estimate of drug-likeness (QED) is 0.674. The molecule has 0 aromatic heterocycles. The van der Waals surface area contributed by atoms with Gasteiger partial charge in [0, 0.05) is 22.6 Å². The van der Waals surface area contributed by atoms with Gasteiger partial charge in [-0.15, -0.1) is 0 Å². The number of benzene rings is 2. The van der Waals surface area contributed by atoms with Crippen LogP contribution in [0.5, 0.6) is 0 Å². The zero-order chi connectivity index (χ0) is 21.7. The van der Waals surface area contributed by atoms with Gasteiger partial charge in [0.15, 0.2) is 0 Å². The molecule has 2 aromatic carbocycles. The molecule has 1 saturated heterocycles. The Morgan fingerprint density at radius 3 is 2.13 bits per heavy atom. The van der Waals surface area contributed by atoms with Crippen molar-refractivity contribution in [2.24, 2.45) is 0 Å². The van der Waals surface area contributed by atoms with E-state index in [1.54, 1.807) is 24.3 Å². The summed E-state index contributed by atoms with van der Waals surface area (Å²) in [6, 6.07) is 12.9. The fraction of sp³-hybridized carbons (Fsp3) is 0.381. The number of rotatable bonds is 7. The Bertz CT molecular complexity index is 958. The number of amides is 1. The fourth-order valence-electron chi connectivity index (χ4n) is 3.36. The molecule has 30 heavy (non-hydrogen) atoms. The van der Waals surface area contributed by atoms with Crippen molar-refractivity contribution in [1.29, 1.82) is 0 Å². The van der Waals surface area contributed by atoms with Crippen molar-refractivity contribution in [2.45, 2.75) is 30.3 Å². The summed E-state index contributed by atoms with van der Waals surface area (Å²) in [4.78, 5) is 15.0. The zero-order valence-corrected chi connectivity index (χ0v) is 19.1. The highest BCUT2D eigenvalue weighted by Gasteiger charge is 2.28. The van der Waals surface area contributed by atoms with Crippen molar-refractivity contribution in [1.82, 2.24) is 14.5 Å². The molecule has 1 aliphatic heterocycles. The van der Waals surface area contributed by atoms with Gasteiger partial charge >= 0.3 is 0 Å². The molecule has 0 saturated carbocycles. The lowest BCUT2D eigenvalue weighted by Crippen LogP contribution is -2.47. The maximum Gasteiger partial charge on any atom is 0.243 e. The molecule has 162 valence electrons. The summed E-state index contributed by atoms with van der Waals surface area (Å²) in [6.07, 6.45) is 1.70. The van der Waals surface area contributed by atoms with Crippen molar-refractivity contribution in [3.63, 3.8) is 0 Å². The van der Waals surface area contributed by atoms with Gasteiger partial charge in [-0.3, -0.25) is 4.79 Å². The van der Waals surface area contributed by atoms with Gasteiger partial charge in [-0.2, -0.15) is 4.31 Å². The van der Waals surface area contributed by atoms with E-state index < -0.39 is 10.0 Å². The number of nitrogens with one attached hydrogen (secondary N) is 1. The van der Waals surface area contributed by atoms with Crippen molar-refractivity contribution in [3.8, 4) is 0 Å². The van der Waals surface area contributed by atoms with Crippen molar-refractivity contribution >= 4 is 39.1 Å². The molecular weight excluding hydrogens is 445 g/mol. The van der Waals surface area contributed by atoms with E-state index in [0.717, 1.165) is 31.5 Å². The average Bonchev–Trinajstić information content (AvgIpc) is 2.71. The number of carbonyl (C=O) groups is 1. The molecule has 3 rings (SSSR count). The lowest BCUT2D eigenvalue weighted by Gasteiger charge is -2.30. The van der Waals surface area contributed by atoms with Gasteiger partial charge in [-0.25, -0.2) is 8.42 Å². The summed E-state index contributed by atoms with van der Waals surface area (Å²) < 4.78 is 27.7. The Kier molecular flexibility index (Phi) is 7.76. The molecule has 9 heteroatoms. The van der Waals surface area contributed by atoms with Gasteiger partial charge in [0.25, 0.3) is 0 Å². The number of likely N-dealkylation sites (tertiary alicyclic amines) is 1. The van der Waals surface area contributed by atoms with E-state index in [4.69, 9.17) is 23.2 Å². The molecule has 0 bridgehead atoms. The number of carbonyl (C=O) groups excluding carboxylic acids is 1. The SMILES string of the molecule is CN1CCC(NC(=O)CN(Cc2ccc(Cl)cc2)S(=O)(=O)c2ccc(Cl)cc2)CC1. The lowest BCUT2D eigenvalue weighted by molar-refractivity contribution is -0.122. The summed E-state index contributed by atoms with van der Waals surface area (Å²) in [7, 11) is -1.85. The Morgan fingerprint density at radius 1 is 1.03 bits per heavy atom. The normalized spacial score (nSPS) is 16.0. The van der Waals surface area contributed by atoms with Crippen LogP contribution in [0.15, 0.2) is 53.4 Å². The Hall–Kier alpha value is -1.64. The first-order valence-electron chi connectivity index (χ1n) is 9.72. The van der Waals surface area contributed by atoms with Crippen LogP contribution in [0.1, 0.15) is 18.4 Å². The molecule has 1 heterocycles. The highest BCUT2D eigenvalue weighted by molar-refractivity contribution is 7.89. The van der Waals surface area contributed by atoms with E-state index in [1.165, 1.54) is 28.6 Å². The van der Waals surface area contributed by atoms with Gasteiger partial charge in [-0.05, 0) is 74.9 Å². The number of piperidine rings is 1. The minimum absolute atomic E-state index is 0.0585. The average molecular weight is 470 g/mol. The molecule has 2 aromatic rings. The number of halogens is 2. The van der Waals surface area contributed by atoms with Crippen LogP contribution in [-0.2, 0) is 21.4 Å². The van der Waals surface area contributed by atoms with E-state index in [-0.39, 0.29) is 29.9 Å². The third-order valence-corrected chi connectivity index (χ3v) is 7.44. The highest BCUT2D eigenvalue weighted by Crippen LogP contribution is 2.21. The Morgan fingerprint density at radius 2 is 1.57 bits per heavy atom. The summed E-state index contributed by atoms with van der Waals surface area (Å²) in [6.45, 7) is 1.61. The second-order valence-electron chi connectivity index (χ2n) is 7.50. The molecule has 0 radical (unpaired) electrons. The number of sulfonamides is 1. The van der Waals surface area contributed by atoms with Crippen LogP contribution in [0.4, 0.5) is 0 Å². The molecule has 0 spiro atoms. The van der Waals surface area contributed by atoms with Crippen LogP contribution < -0.4 is 5.32 Å². The molecule has 0 aliphatic carbocycles. The van der Waals surface area contributed by atoms with Crippen LogP contribution in [0.3, 0.4) is 0 Å². The fourth-order valence-corrected chi connectivity index (χ4v) is 5.00. The van der Waals surface area contributed by atoms with E-state index in [2.05, 4.69) is 10.2 Å². The standard InChI is InChI=1S/C21H25Cl2N3O3S/c1-25-12-10-19(11-13-25)24-21(27)15-26(14-16-2-4-17(22)5-3-16)30(28,29)20-8-6-18(23)7-9-20/h2-9,19H,10-15H2,1H3,(H,24,27). The second-order valence-corrected chi connectivity index (χ2v) is 10.3. The largest absolute Gasteiger partial charge is 0.352 e. The van der Waals surface area contributed by atoms with E-state index in [1.807, 2.05) is 7.05 Å². The van der Waals surface area contributed by atoms with Crippen LogP contribution >= 0.6 is 23.2 Å². The highest BCUT2D eigenvalue weighted by atomic mass is 35.5. The van der Waals surface area contributed by atoms with Gasteiger partial charge < -0.3 is 10.2 Å². The van der Waals surface area contributed by atoms with Gasteiger partial charge in [0.05, 0.1) is 11.4 Å². The number of hydrogen-bond acceptors (Lipinski definition) is 4. The third kappa shape index (κ3) is 6.18. The molecule has 1 fully saturated rings. The summed E-state index contributed by atoms with van der Waals surface area (Å²) >= 11 is 11.8. The molecule has 0 atom stereocenters. The zero-order valence-electron chi connectivity index (χ0n) is 16.7. The minimum Gasteiger partial charge on any atom is -0.352 e. The van der Waals surface area contributed by atoms with Gasteiger partial charge in [0.2, 0.25) is 15.9 Å². The molecular formula is C21H25Cl2N3O3S. The Balaban J connectivity index is 1.78. The lowest BCUT2D eigenvalue weighted by atomic mass is 10.1. The van der Waals surface area contributed by atoms with Crippen LogP contribution in [-0.4, -0.2) is 56.3 Å². The van der Waals surface area contributed by atoms with Crippen LogP contribution in [0.25, 0.3) is 0 Å². The van der Waals surface area contributed by atoms with Gasteiger partial charge in [0.1, 0.15) is 0 Å². The summed E-state index contributed by atoms with van der Waals surface area (Å²) in [5.74, 6) is -0.309. The smallest absolute Gasteiger partial charge is 0.243 e. The second kappa shape index (κ2) is 10.1. The maximum absolute atomic E-state index is 13.3. The first-order valence-corrected chi connectivity index (χ1v) is 11.9. The minimum atomic E-state index is -3.90. The number of nitrogens with zero attached hydrogens (tertiary/aromatic N) is 2. The Labute approximate surface area is 187 Å². The third-order valence-electron chi connectivity index (χ3n) is 5.13. The molecule has 6 nitrogen and oxygen atoms in total. The van der Waals surface area contributed by atoms with Crippen LogP contribution in [0.2, 0.25) is 10.0 Å². The first kappa shape index (κ1) is 23.0. The molecule has 1 amide bonds. The molecule has 0 unspecified atom stereocenters. The van der Waals surface area contributed by atoms with E-state index >= 15 is 0 Å². The predicted molar refractivity (Wildman–Crippen MR) is 119 cm³/mol. The monoisotopic (exact) mass is 469 g/mol. The van der Waals surface area contributed by atoms with Crippen molar-refractivity contribution in [2.75, 3.05) is 26.7 Å². The van der Waals surface area contributed by atoms with Crippen LogP contribution in [0, 0.1) is 0 Å². The number of hydrogen-bond donors (Lipinski definition) is 1. The topological polar surface area (TPSA) is 69.7 Å². The molecule has 1 N–H and O–H groups in total. The maximum atomic E-state index is 13.3. The van der Waals surface area contributed by atoms with E-state index in [9.17, 15) is 13.2 Å². The van der Waals surface area contributed by atoms with Crippen molar-refractivity contribution in [3.05, 3.63) is 64.1 Å². The summed E-state index contributed by atoms with van der Waals surface area (Å²) in [5, 5.41) is 3.99. The predicted octanol–water partition coefficient (Wildman–Crippen LogP) is 3.39. The summed E-state index contributed by atoms with van der Waals surface area (Å²) in [5.41, 5.74) is 0.740. The first-order chi connectivity index (χ1) is 14.2.